The van der Waals surface area contributed by atoms with Crippen molar-refractivity contribution in [3.63, 3.8) is 0 Å². The maximum Gasteiger partial charge on any atom is 0.417 e. The van der Waals surface area contributed by atoms with Gasteiger partial charge in [-0.05, 0) is 48.6 Å². The molecule has 2 nitrogen and oxygen atoms in total. The highest BCUT2D eigenvalue weighted by Crippen LogP contribution is 2.29. The molecule has 0 aliphatic carbocycles. The topological polar surface area (TPSA) is 30.0 Å². The summed E-state index contributed by atoms with van der Waals surface area (Å²) in [7, 11) is 0. The Hall–Kier alpha value is -1.82. The van der Waals surface area contributed by atoms with Gasteiger partial charge < -0.3 is 0 Å². The molecule has 0 saturated heterocycles. The maximum absolute atomic E-state index is 12.5. The number of hydrogen-bond donors (Lipinski definition) is 0. The number of aryl methyl sites for hydroxylation is 2. The zero-order chi connectivity index (χ0) is 21.2. The van der Waals surface area contributed by atoms with E-state index in [1.54, 1.807) is 0 Å². The average Bonchev–Trinajstić information content (AvgIpc) is 2.68. The van der Waals surface area contributed by atoms with Crippen LogP contribution in [-0.4, -0.2) is 16.5 Å². The van der Waals surface area contributed by atoms with Crippen molar-refractivity contribution >= 4 is 17.5 Å². The summed E-state index contributed by atoms with van der Waals surface area (Å²) in [5.74, 6) is 0.239. The summed E-state index contributed by atoms with van der Waals surface area (Å²) in [5, 5.41) is 0.419. The van der Waals surface area contributed by atoms with Crippen LogP contribution in [0.1, 0.15) is 55.9 Å². The highest BCUT2D eigenvalue weighted by molar-refractivity contribution is 7.99. The molecule has 154 valence electrons. The zero-order valence-electron chi connectivity index (χ0n) is 16.9. The van der Waals surface area contributed by atoms with Crippen LogP contribution in [0.3, 0.4) is 0 Å². The molecule has 1 aromatic heterocycles. The van der Waals surface area contributed by atoms with Crippen LogP contribution in [0.25, 0.3) is 0 Å². The molecule has 28 heavy (non-hydrogen) atoms. The lowest BCUT2D eigenvalue weighted by Crippen LogP contribution is -2.10. The van der Waals surface area contributed by atoms with Crippen molar-refractivity contribution in [2.45, 2.75) is 64.6 Å². The number of ketones is 1. The second-order valence-corrected chi connectivity index (χ2v) is 7.20. The zero-order valence-corrected chi connectivity index (χ0v) is 17.7. The summed E-state index contributed by atoms with van der Waals surface area (Å²) in [6.45, 7) is 8.14. The standard InChI is InChI=1S/C20H22F3NOS.C2H6/c1-3-4-7-15-8-5-6-14(2)18(15)11-17(25)13-26-19-10-9-16(12-24-19)20(21,22)23;1-2/h5-6,8-10,12H,3-4,7,11,13H2,1-2H3;1-2H3. The Morgan fingerprint density at radius 3 is 2.43 bits per heavy atom. The summed E-state index contributed by atoms with van der Waals surface area (Å²) in [6.07, 6.45) is -0.123. The van der Waals surface area contributed by atoms with E-state index in [9.17, 15) is 18.0 Å². The average molecular weight is 412 g/mol. The van der Waals surface area contributed by atoms with Gasteiger partial charge in [0, 0.05) is 12.6 Å². The number of benzene rings is 1. The molecule has 0 N–H and O–H groups in total. The molecule has 0 saturated carbocycles. The van der Waals surface area contributed by atoms with Gasteiger partial charge in [-0.15, -0.1) is 0 Å². The van der Waals surface area contributed by atoms with Gasteiger partial charge in [0.05, 0.1) is 16.3 Å². The molecule has 0 fully saturated rings. The monoisotopic (exact) mass is 411 g/mol. The maximum atomic E-state index is 12.5. The van der Waals surface area contributed by atoms with E-state index in [-0.39, 0.29) is 11.5 Å². The molecule has 0 atom stereocenters. The van der Waals surface area contributed by atoms with Gasteiger partial charge >= 0.3 is 6.18 Å². The number of rotatable bonds is 8. The predicted molar refractivity (Wildman–Crippen MR) is 110 cm³/mol. The lowest BCUT2D eigenvalue weighted by atomic mass is 9.94. The molecular formula is C22H28F3NOS. The minimum atomic E-state index is -4.40. The lowest BCUT2D eigenvalue weighted by Gasteiger charge is -2.12. The Balaban J connectivity index is 0.00000190. The molecule has 0 bridgehead atoms. The van der Waals surface area contributed by atoms with Crippen molar-refractivity contribution in [2.75, 3.05) is 5.75 Å². The van der Waals surface area contributed by atoms with Crippen LogP contribution >= 0.6 is 11.8 Å². The Kier molecular flexibility index (Phi) is 10.3. The number of nitrogens with zero attached hydrogens (tertiary/aromatic N) is 1. The predicted octanol–water partition coefficient (Wildman–Crippen LogP) is 6.68. The first-order valence-electron chi connectivity index (χ1n) is 9.56. The fraction of sp³-hybridized carbons (Fsp3) is 0.455. The minimum absolute atomic E-state index is 0.0451. The summed E-state index contributed by atoms with van der Waals surface area (Å²) >= 11 is 1.17. The lowest BCUT2D eigenvalue weighted by molar-refractivity contribution is -0.137. The summed E-state index contributed by atoms with van der Waals surface area (Å²) < 4.78 is 37.6. The van der Waals surface area contributed by atoms with Crippen LogP contribution in [0.2, 0.25) is 0 Å². The molecule has 2 aromatic rings. The van der Waals surface area contributed by atoms with E-state index in [0.717, 1.165) is 42.7 Å². The van der Waals surface area contributed by atoms with Gasteiger partial charge in [-0.3, -0.25) is 4.79 Å². The molecule has 0 amide bonds. The number of carbonyl (C=O) groups is 1. The van der Waals surface area contributed by atoms with Gasteiger partial charge in [0.25, 0.3) is 0 Å². The second kappa shape index (κ2) is 11.9. The smallest absolute Gasteiger partial charge is 0.298 e. The summed E-state index contributed by atoms with van der Waals surface area (Å²) in [5.41, 5.74) is 2.60. The molecule has 6 heteroatoms. The van der Waals surface area contributed by atoms with Crippen molar-refractivity contribution in [3.05, 3.63) is 58.8 Å². The molecule has 1 aromatic carbocycles. The molecule has 0 unspecified atom stereocenters. The van der Waals surface area contributed by atoms with Crippen molar-refractivity contribution in [3.8, 4) is 0 Å². The first kappa shape index (κ1) is 24.2. The Bertz CT molecular complexity index is 742. The number of aromatic nitrogens is 1. The number of hydrogen-bond acceptors (Lipinski definition) is 3. The van der Waals surface area contributed by atoms with E-state index >= 15 is 0 Å². The quantitative estimate of drug-likeness (QED) is 0.454. The highest BCUT2D eigenvalue weighted by atomic mass is 32.2. The van der Waals surface area contributed by atoms with Crippen LogP contribution in [0.4, 0.5) is 13.2 Å². The van der Waals surface area contributed by atoms with Gasteiger partial charge in [0.15, 0.2) is 0 Å². The van der Waals surface area contributed by atoms with Crippen LogP contribution in [0.5, 0.6) is 0 Å². The van der Waals surface area contributed by atoms with E-state index in [4.69, 9.17) is 0 Å². The molecule has 1 heterocycles. The largest absolute Gasteiger partial charge is 0.417 e. The molecule has 2 rings (SSSR count). The summed E-state index contributed by atoms with van der Waals surface area (Å²) in [6, 6.07) is 8.37. The second-order valence-electron chi connectivity index (χ2n) is 6.20. The van der Waals surface area contributed by atoms with Crippen molar-refractivity contribution in [1.29, 1.82) is 0 Å². The van der Waals surface area contributed by atoms with Gasteiger partial charge in [0.2, 0.25) is 0 Å². The molecule has 0 spiro atoms. The first-order chi connectivity index (χ1) is 13.3. The third kappa shape index (κ3) is 7.66. The Morgan fingerprint density at radius 2 is 1.86 bits per heavy atom. The highest BCUT2D eigenvalue weighted by Gasteiger charge is 2.30. The summed E-state index contributed by atoms with van der Waals surface area (Å²) in [4.78, 5) is 16.2. The minimum Gasteiger partial charge on any atom is -0.298 e. The molecule has 0 aliphatic rings. The fourth-order valence-corrected chi connectivity index (χ4v) is 3.36. The number of alkyl halides is 3. The normalized spacial score (nSPS) is 11.0. The molecular weight excluding hydrogens is 383 g/mol. The van der Waals surface area contributed by atoms with Gasteiger partial charge in [-0.25, -0.2) is 4.98 Å². The molecule has 0 aliphatic heterocycles. The fourth-order valence-electron chi connectivity index (χ4n) is 2.65. The van der Waals surface area contributed by atoms with Crippen LogP contribution in [0.15, 0.2) is 41.6 Å². The first-order valence-corrected chi connectivity index (χ1v) is 10.5. The Labute approximate surface area is 170 Å². The van der Waals surface area contributed by atoms with E-state index < -0.39 is 11.7 Å². The third-order valence-electron chi connectivity index (χ3n) is 4.13. The van der Waals surface area contributed by atoms with Gasteiger partial charge in [-0.1, -0.05) is 57.2 Å². The van der Waals surface area contributed by atoms with Crippen molar-refractivity contribution < 1.29 is 18.0 Å². The van der Waals surface area contributed by atoms with Crippen LogP contribution in [-0.2, 0) is 23.8 Å². The number of pyridine rings is 1. The van der Waals surface area contributed by atoms with Gasteiger partial charge in [-0.2, -0.15) is 13.2 Å². The van der Waals surface area contributed by atoms with E-state index in [1.807, 2.05) is 32.9 Å². The van der Waals surface area contributed by atoms with Gasteiger partial charge in [0.1, 0.15) is 5.78 Å². The van der Waals surface area contributed by atoms with E-state index in [2.05, 4.69) is 18.0 Å². The van der Waals surface area contributed by atoms with Crippen molar-refractivity contribution in [1.82, 2.24) is 4.98 Å². The van der Waals surface area contributed by atoms with E-state index in [0.29, 0.717) is 11.4 Å². The van der Waals surface area contributed by atoms with Crippen molar-refractivity contribution in [2.24, 2.45) is 0 Å². The number of thioether (sulfide) groups is 1. The number of unbranched alkanes of at least 4 members (excludes halogenated alkanes) is 1. The van der Waals surface area contributed by atoms with Crippen LogP contribution < -0.4 is 0 Å². The van der Waals surface area contributed by atoms with Crippen LogP contribution in [0, 0.1) is 6.92 Å². The molecule has 0 radical (unpaired) electrons. The number of Topliss-reactive ketones (excluding diaryl/α,β-unsaturated/α-hetero) is 1. The Morgan fingerprint density at radius 1 is 1.14 bits per heavy atom. The SMILES string of the molecule is CC.CCCCc1cccc(C)c1CC(=O)CSc1ccc(C(F)(F)F)cn1. The number of carbonyl (C=O) groups excluding carboxylic acids is 1. The van der Waals surface area contributed by atoms with E-state index in [1.165, 1.54) is 23.4 Å². The third-order valence-corrected chi connectivity index (χ3v) is 5.13. The number of halogens is 3.